The first-order chi connectivity index (χ1) is 12.7. The molecule has 0 unspecified atom stereocenters. The first kappa shape index (κ1) is 18.4. The summed E-state index contributed by atoms with van der Waals surface area (Å²) in [7, 11) is 0. The standard InChI is InChI=1S/C20H19N3O4/c1-20(2,3)14-6-4-13(5-7-14)18(24)11-22-12-21-17-10-15(23(26)27)8-9-16(17)19(22)25/h4-10,12H,11H2,1-3H3. The monoisotopic (exact) mass is 365 g/mol. The van der Waals surface area contributed by atoms with E-state index in [2.05, 4.69) is 25.8 Å². The van der Waals surface area contributed by atoms with Gasteiger partial charge in [0, 0.05) is 17.7 Å². The van der Waals surface area contributed by atoms with Crippen LogP contribution in [-0.4, -0.2) is 20.3 Å². The van der Waals surface area contributed by atoms with Gasteiger partial charge in [0.15, 0.2) is 5.78 Å². The maximum absolute atomic E-state index is 12.6. The van der Waals surface area contributed by atoms with Crippen molar-refractivity contribution in [1.82, 2.24) is 9.55 Å². The van der Waals surface area contributed by atoms with E-state index in [-0.39, 0.29) is 34.3 Å². The number of benzene rings is 2. The summed E-state index contributed by atoms with van der Waals surface area (Å²) in [5.74, 6) is -0.208. The lowest BCUT2D eigenvalue weighted by atomic mass is 9.86. The number of carbonyl (C=O) groups is 1. The second kappa shape index (κ2) is 6.75. The van der Waals surface area contributed by atoms with Gasteiger partial charge in [0.2, 0.25) is 0 Å². The van der Waals surface area contributed by atoms with Crippen molar-refractivity contribution in [2.45, 2.75) is 32.7 Å². The number of aromatic nitrogens is 2. The third kappa shape index (κ3) is 3.76. The van der Waals surface area contributed by atoms with Crippen LogP contribution in [0.25, 0.3) is 10.9 Å². The van der Waals surface area contributed by atoms with Crippen molar-refractivity contribution in [2.75, 3.05) is 0 Å². The molecule has 27 heavy (non-hydrogen) atoms. The Balaban J connectivity index is 1.89. The van der Waals surface area contributed by atoms with Gasteiger partial charge in [-0.1, -0.05) is 45.0 Å². The Morgan fingerprint density at radius 1 is 1.15 bits per heavy atom. The summed E-state index contributed by atoms with van der Waals surface area (Å²) in [6, 6.07) is 11.2. The highest BCUT2D eigenvalue weighted by atomic mass is 16.6. The Bertz CT molecular complexity index is 1090. The molecule has 0 atom stereocenters. The van der Waals surface area contributed by atoms with Gasteiger partial charge in [-0.25, -0.2) is 4.98 Å². The molecule has 7 nitrogen and oxygen atoms in total. The van der Waals surface area contributed by atoms with Crippen molar-refractivity contribution in [1.29, 1.82) is 0 Å². The molecule has 0 aliphatic rings. The fraction of sp³-hybridized carbons (Fsp3) is 0.250. The van der Waals surface area contributed by atoms with Crippen LogP contribution in [0.1, 0.15) is 36.7 Å². The number of nitro groups is 1. The molecule has 0 saturated carbocycles. The predicted octanol–water partition coefficient (Wildman–Crippen LogP) is 3.49. The molecule has 3 aromatic rings. The minimum atomic E-state index is -0.544. The first-order valence-electron chi connectivity index (χ1n) is 8.44. The SMILES string of the molecule is CC(C)(C)c1ccc(C(=O)Cn2cnc3cc([N+](=O)[O-])ccc3c2=O)cc1. The van der Waals surface area contributed by atoms with Gasteiger partial charge >= 0.3 is 0 Å². The van der Waals surface area contributed by atoms with Crippen molar-refractivity contribution < 1.29 is 9.72 Å². The van der Waals surface area contributed by atoms with Gasteiger partial charge in [0.05, 0.1) is 28.7 Å². The van der Waals surface area contributed by atoms with E-state index < -0.39 is 10.5 Å². The third-order valence-corrected chi connectivity index (χ3v) is 4.41. The topological polar surface area (TPSA) is 95.1 Å². The van der Waals surface area contributed by atoms with Gasteiger partial charge < -0.3 is 0 Å². The molecular weight excluding hydrogens is 346 g/mol. The van der Waals surface area contributed by atoms with Crippen LogP contribution >= 0.6 is 0 Å². The minimum Gasteiger partial charge on any atom is -0.292 e. The number of hydrogen-bond donors (Lipinski definition) is 0. The number of non-ortho nitro benzene ring substituents is 1. The van der Waals surface area contributed by atoms with Crippen molar-refractivity contribution in [3.8, 4) is 0 Å². The lowest BCUT2D eigenvalue weighted by Crippen LogP contribution is -2.24. The highest BCUT2D eigenvalue weighted by Crippen LogP contribution is 2.22. The van der Waals surface area contributed by atoms with E-state index in [0.29, 0.717) is 5.56 Å². The quantitative estimate of drug-likeness (QED) is 0.401. The van der Waals surface area contributed by atoms with Crippen LogP contribution in [0, 0.1) is 10.1 Å². The van der Waals surface area contributed by atoms with Gasteiger partial charge in [0.1, 0.15) is 0 Å². The highest BCUT2D eigenvalue weighted by molar-refractivity contribution is 5.96. The summed E-state index contributed by atoms with van der Waals surface area (Å²) in [5.41, 5.74) is 1.30. The molecular formula is C20H19N3O4. The summed E-state index contributed by atoms with van der Waals surface area (Å²) >= 11 is 0. The maximum Gasteiger partial charge on any atom is 0.271 e. The zero-order valence-electron chi connectivity index (χ0n) is 15.3. The molecule has 2 aromatic carbocycles. The van der Waals surface area contributed by atoms with E-state index in [0.717, 1.165) is 5.56 Å². The molecule has 1 aromatic heterocycles. The smallest absolute Gasteiger partial charge is 0.271 e. The van der Waals surface area contributed by atoms with E-state index in [9.17, 15) is 19.7 Å². The molecule has 0 aliphatic carbocycles. The molecule has 0 amide bonds. The maximum atomic E-state index is 12.6. The normalized spacial score (nSPS) is 11.5. The minimum absolute atomic E-state index is 0.0105. The predicted molar refractivity (Wildman–Crippen MR) is 102 cm³/mol. The summed E-state index contributed by atoms with van der Waals surface area (Å²) in [6.07, 6.45) is 1.25. The van der Waals surface area contributed by atoms with Gasteiger partial charge in [-0.15, -0.1) is 0 Å². The van der Waals surface area contributed by atoms with E-state index in [1.54, 1.807) is 12.1 Å². The van der Waals surface area contributed by atoms with Crippen LogP contribution in [-0.2, 0) is 12.0 Å². The summed E-state index contributed by atoms with van der Waals surface area (Å²) < 4.78 is 1.22. The zero-order chi connectivity index (χ0) is 19.8. The van der Waals surface area contributed by atoms with Crippen LogP contribution in [0.2, 0.25) is 0 Å². The second-order valence-corrected chi connectivity index (χ2v) is 7.39. The Kier molecular flexibility index (Phi) is 4.61. The Hall–Kier alpha value is -3.35. The van der Waals surface area contributed by atoms with Crippen molar-refractivity contribution >= 4 is 22.4 Å². The average Bonchev–Trinajstić information content (AvgIpc) is 2.63. The highest BCUT2D eigenvalue weighted by Gasteiger charge is 2.16. The van der Waals surface area contributed by atoms with E-state index in [1.165, 1.54) is 29.1 Å². The Morgan fingerprint density at radius 2 is 1.81 bits per heavy atom. The summed E-state index contributed by atoms with van der Waals surface area (Å²) in [6.45, 7) is 6.13. The molecule has 0 N–H and O–H groups in total. The van der Waals surface area contributed by atoms with Gasteiger partial charge in [0.25, 0.3) is 11.2 Å². The van der Waals surface area contributed by atoms with Crippen LogP contribution in [0.15, 0.2) is 53.6 Å². The first-order valence-corrected chi connectivity index (χ1v) is 8.44. The molecule has 0 aliphatic heterocycles. The fourth-order valence-corrected chi connectivity index (χ4v) is 2.78. The number of ketones is 1. The van der Waals surface area contributed by atoms with E-state index in [1.807, 2.05) is 12.1 Å². The zero-order valence-corrected chi connectivity index (χ0v) is 15.3. The molecule has 0 bridgehead atoms. The number of fused-ring (bicyclic) bond motifs is 1. The van der Waals surface area contributed by atoms with E-state index >= 15 is 0 Å². The largest absolute Gasteiger partial charge is 0.292 e. The summed E-state index contributed by atoms with van der Waals surface area (Å²) in [5, 5.41) is 11.1. The molecule has 0 spiro atoms. The number of carbonyl (C=O) groups excluding carboxylic acids is 1. The fourth-order valence-electron chi connectivity index (χ4n) is 2.78. The van der Waals surface area contributed by atoms with Gasteiger partial charge in [-0.2, -0.15) is 0 Å². The lowest BCUT2D eigenvalue weighted by molar-refractivity contribution is -0.384. The molecule has 0 radical (unpaired) electrons. The van der Waals surface area contributed by atoms with Gasteiger partial charge in [-0.05, 0) is 17.0 Å². The summed E-state index contributed by atoms with van der Waals surface area (Å²) in [4.78, 5) is 39.5. The molecule has 1 heterocycles. The van der Waals surface area contributed by atoms with Crippen molar-refractivity contribution in [3.05, 3.63) is 80.4 Å². The van der Waals surface area contributed by atoms with Crippen molar-refractivity contribution in [3.63, 3.8) is 0 Å². The molecule has 0 fully saturated rings. The molecule has 7 heteroatoms. The third-order valence-electron chi connectivity index (χ3n) is 4.41. The number of hydrogen-bond acceptors (Lipinski definition) is 5. The van der Waals surface area contributed by atoms with Gasteiger partial charge in [-0.3, -0.25) is 24.3 Å². The number of rotatable bonds is 4. The second-order valence-electron chi connectivity index (χ2n) is 7.39. The van der Waals surface area contributed by atoms with Crippen LogP contribution in [0.4, 0.5) is 5.69 Å². The average molecular weight is 365 g/mol. The molecule has 0 saturated heterocycles. The van der Waals surface area contributed by atoms with Crippen LogP contribution in [0.3, 0.4) is 0 Å². The van der Waals surface area contributed by atoms with Crippen LogP contribution < -0.4 is 5.56 Å². The van der Waals surface area contributed by atoms with Crippen LogP contribution in [0.5, 0.6) is 0 Å². The Labute approximate surface area is 155 Å². The lowest BCUT2D eigenvalue weighted by Gasteiger charge is -2.19. The number of nitro benzene ring substituents is 1. The van der Waals surface area contributed by atoms with E-state index in [4.69, 9.17) is 0 Å². The number of nitrogens with zero attached hydrogens (tertiary/aromatic N) is 3. The van der Waals surface area contributed by atoms with Crippen molar-refractivity contribution in [2.24, 2.45) is 0 Å². The number of Topliss-reactive ketones (excluding diaryl/α,β-unsaturated/α-hetero) is 1. The molecule has 138 valence electrons. The molecule has 3 rings (SSSR count). The Morgan fingerprint density at radius 3 is 2.41 bits per heavy atom.